The number of carbonyl (C=O) groups is 1. The van der Waals surface area contributed by atoms with Crippen LogP contribution in [0, 0.1) is 0 Å². The van der Waals surface area contributed by atoms with E-state index in [2.05, 4.69) is 37.2 Å². The van der Waals surface area contributed by atoms with E-state index >= 15 is 0 Å². The van der Waals surface area contributed by atoms with Crippen molar-refractivity contribution < 1.29 is 4.79 Å². The van der Waals surface area contributed by atoms with E-state index in [4.69, 9.17) is 5.73 Å². The van der Waals surface area contributed by atoms with Gasteiger partial charge in [0.2, 0.25) is 0 Å². The Labute approximate surface area is 141 Å². The zero-order valence-corrected chi connectivity index (χ0v) is 14.4. The van der Waals surface area contributed by atoms with E-state index in [-0.39, 0.29) is 11.9 Å². The summed E-state index contributed by atoms with van der Waals surface area (Å²) in [6.45, 7) is 2.11. The molecule has 1 aliphatic heterocycles. The molecule has 0 bridgehead atoms. The van der Waals surface area contributed by atoms with E-state index < -0.39 is 0 Å². The number of benzene rings is 1. The Morgan fingerprint density at radius 2 is 2.32 bits per heavy atom. The smallest absolute Gasteiger partial charge is 0.271 e. The second-order valence-electron chi connectivity index (χ2n) is 5.19. The molecule has 5 nitrogen and oxygen atoms in total. The molecule has 0 radical (unpaired) electrons. The lowest BCUT2D eigenvalue weighted by molar-refractivity contribution is 0.0936. The number of hydrogen-bond acceptors (Lipinski definition) is 5. The third-order valence-corrected chi connectivity index (χ3v) is 5.22. The summed E-state index contributed by atoms with van der Waals surface area (Å²) in [4.78, 5) is 18.7. The molecule has 0 aliphatic carbocycles. The summed E-state index contributed by atoms with van der Waals surface area (Å²) in [6, 6.07) is 8.28. The highest BCUT2D eigenvalue weighted by Gasteiger charge is 2.26. The molecule has 1 aliphatic rings. The number of hydrogen-bond donors (Lipinski definition) is 2. The minimum absolute atomic E-state index is 0.116. The SMILES string of the molecule is NCc1nc(C(=O)NC2CCN(c3ccccc3Br)C2)cs1. The summed E-state index contributed by atoms with van der Waals surface area (Å²) < 4.78 is 1.08. The van der Waals surface area contributed by atoms with Gasteiger partial charge in [-0.3, -0.25) is 4.79 Å². The van der Waals surface area contributed by atoms with Crippen LogP contribution in [-0.4, -0.2) is 30.0 Å². The van der Waals surface area contributed by atoms with Gasteiger partial charge < -0.3 is 16.0 Å². The van der Waals surface area contributed by atoms with Crippen molar-refractivity contribution in [2.75, 3.05) is 18.0 Å². The third-order valence-electron chi connectivity index (χ3n) is 3.68. The summed E-state index contributed by atoms with van der Waals surface area (Å²) in [5.41, 5.74) is 7.16. The number of nitrogens with zero attached hydrogens (tertiary/aromatic N) is 2. The van der Waals surface area contributed by atoms with Crippen LogP contribution >= 0.6 is 27.3 Å². The van der Waals surface area contributed by atoms with E-state index in [1.807, 2.05) is 18.2 Å². The molecule has 0 spiro atoms. The minimum atomic E-state index is -0.116. The molecule has 1 unspecified atom stereocenters. The lowest BCUT2D eigenvalue weighted by Crippen LogP contribution is -2.37. The van der Waals surface area contributed by atoms with E-state index in [1.165, 1.54) is 17.0 Å². The molecule has 1 aromatic heterocycles. The molecule has 3 rings (SSSR count). The molecule has 2 heterocycles. The lowest BCUT2D eigenvalue weighted by atomic mass is 10.2. The number of rotatable bonds is 4. The Balaban J connectivity index is 1.61. The average Bonchev–Trinajstić information content (AvgIpc) is 3.16. The summed E-state index contributed by atoms with van der Waals surface area (Å²) >= 11 is 5.00. The van der Waals surface area contributed by atoms with Crippen molar-refractivity contribution in [3.05, 3.63) is 44.8 Å². The molecule has 116 valence electrons. The van der Waals surface area contributed by atoms with Gasteiger partial charge in [0, 0.05) is 35.5 Å². The number of thiazole rings is 1. The summed E-state index contributed by atoms with van der Waals surface area (Å²) in [7, 11) is 0. The first-order valence-corrected chi connectivity index (χ1v) is 8.79. The number of anilines is 1. The number of halogens is 1. The molecule has 0 saturated carbocycles. The Morgan fingerprint density at radius 3 is 3.05 bits per heavy atom. The van der Waals surface area contributed by atoms with Gasteiger partial charge in [0.15, 0.2) is 0 Å². The summed E-state index contributed by atoms with van der Waals surface area (Å²) in [5.74, 6) is -0.116. The van der Waals surface area contributed by atoms with Crippen molar-refractivity contribution in [1.82, 2.24) is 10.3 Å². The fourth-order valence-corrected chi connectivity index (χ4v) is 3.76. The maximum absolute atomic E-state index is 12.2. The molecule has 1 fully saturated rings. The third kappa shape index (κ3) is 3.31. The van der Waals surface area contributed by atoms with Gasteiger partial charge in [-0.2, -0.15) is 0 Å². The largest absolute Gasteiger partial charge is 0.368 e. The highest BCUT2D eigenvalue weighted by Crippen LogP contribution is 2.28. The van der Waals surface area contributed by atoms with Crippen LogP contribution in [0.2, 0.25) is 0 Å². The van der Waals surface area contributed by atoms with Gasteiger partial charge in [0.1, 0.15) is 10.7 Å². The topological polar surface area (TPSA) is 71.2 Å². The number of carbonyl (C=O) groups excluding carboxylic acids is 1. The van der Waals surface area contributed by atoms with Crippen LogP contribution < -0.4 is 16.0 Å². The molecule has 1 atom stereocenters. The fraction of sp³-hybridized carbons (Fsp3) is 0.333. The maximum Gasteiger partial charge on any atom is 0.271 e. The van der Waals surface area contributed by atoms with Crippen molar-refractivity contribution in [3.8, 4) is 0 Å². The Bertz CT molecular complexity index is 675. The molecule has 1 saturated heterocycles. The van der Waals surface area contributed by atoms with Crippen molar-refractivity contribution in [2.45, 2.75) is 19.0 Å². The van der Waals surface area contributed by atoms with Gasteiger partial charge in [-0.25, -0.2) is 4.98 Å². The maximum atomic E-state index is 12.2. The van der Waals surface area contributed by atoms with Gasteiger partial charge in [-0.05, 0) is 34.5 Å². The van der Waals surface area contributed by atoms with Crippen molar-refractivity contribution in [1.29, 1.82) is 0 Å². The summed E-state index contributed by atoms with van der Waals surface area (Å²) in [6.07, 6.45) is 0.932. The molecule has 1 amide bonds. The van der Waals surface area contributed by atoms with E-state index in [0.29, 0.717) is 12.2 Å². The minimum Gasteiger partial charge on any atom is -0.368 e. The number of nitrogens with two attached hydrogens (primary N) is 1. The Morgan fingerprint density at radius 1 is 1.50 bits per heavy atom. The van der Waals surface area contributed by atoms with E-state index in [0.717, 1.165) is 29.0 Å². The first-order chi connectivity index (χ1) is 10.7. The first kappa shape index (κ1) is 15.5. The average molecular weight is 381 g/mol. The molecular weight excluding hydrogens is 364 g/mol. The predicted molar refractivity (Wildman–Crippen MR) is 92.2 cm³/mol. The van der Waals surface area contributed by atoms with Gasteiger partial charge in [0.05, 0.1) is 5.69 Å². The number of aromatic nitrogens is 1. The van der Waals surface area contributed by atoms with Crippen LogP contribution in [0.15, 0.2) is 34.1 Å². The zero-order valence-electron chi connectivity index (χ0n) is 12.0. The van der Waals surface area contributed by atoms with Gasteiger partial charge in [-0.15, -0.1) is 11.3 Å². The second kappa shape index (κ2) is 6.76. The van der Waals surface area contributed by atoms with Crippen LogP contribution in [0.1, 0.15) is 21.9 Å². The lowest BCUT2D eigenvalue weighted by Gasteiger charge is -2.20. The molecule has 3 N–H and O–H groups in total. The fourth-order valence-electron chi connectivity index (χ4n) is 2.57. The van der Waals surface area contributed by atoms with Crippen LogP contribution in [0.4, 0.5) is 5.69 Å². The van der Waals surface area contributed by atoms with Crippen LogP contribution in [0.5, 0.6) is 0 Å². The Hall–Kier alpha value is -1.44. The quantitative estimate of drug-likeness (QED) is 0.853. The molecule has 22 heavy (non-hydrogen) atoms. The van der Waals surface area contributed by atoms with Crippen LogP contribution in [-0.2, 0) is 6.54 Å². The van der Waals surface area contributed by atoms with E-state index in [1.54, 1.807) is 5.38 Å². The summed E-state index contributed by atoms with van der Waals surface area (Å²) in [5, 5.41) is 5.60. The van der Waals surface area contributed by atoms with Crippen LogP contribution in [0.3, 0.4) is 0 Å². The normalized spacial score (nSPS) is 17.7. The zero-order chi connectivity index (χ0) is 15.5. The number of nitrogens with one attached hydrogen (secondary N) is 1. The standard InChI is InChI=1S/C15H17BrN4OS/c16-11-3-1-2-4-13(11)20-6-5-10(8-20)18-15(21)12-9-22-14(7-17)19-12/h1-4,9-10H,5-8,17H2,(H,18,21). The van der Waals surface area contributed by atoms with E-state index in [9.17, 15) is 4.79 Å². The second-order valence-corrected chi connectivity index (χ2v) is 6.98. The molecule has 2 aromatic rings. The van der Waals surface area contributed by atoms with Gasteiger partial charge >= 0.3 is 0 Å². The monoisotopic (exact) mass is 380 g/mol. The van der Waals surface area contributed by atoms with Crippen molar-refractivity contribution in [2.24, 2.45) is 5.73 Å². The first-order valence-electron chi connectivity index (χ1n) is 7.12. The van der Waals surface area contributed by atoms with Crippen molar-refractivity contribution >= 4 is 38.9 Å². The van der Waals surface area contributed by atoms with Gasteiger partial charge in [-0.1, -0.05) is 12.1 Å². The predicted octanol–water partition coefficient (Wildman–Crippen LogP) is 2.37. The molecule has 7 heteroatoms. The molecule has 1 aromatic carbocycles. The highest BCUT2D eigenvalue weighted by molar-refractivity contribution is 9.10. The van der Waals surface area contributed by atoms with Gasteiger partial charge in [0.25, 0.3) is 5.91 Å². The molecular formula is C15H17BrN4OS. The van der Waals surface area contributed by atoms with Crippen molar-refractivity contribution in [3.63, 3.8) is 0 Å². The number of amides is 1. The van der Waals surface area contributed by atoms with Crippen LogP contribution in [0.25, 0.3) is 0 Å². The number of para-hydroxylation sites is 1. The highest BCUT2D eigenvalue weighted by atomic mass is 79.9. The Kier molecular flexibility index (Phi) is 4.75.